The molecule has 4 N–H and O–H groups in total. The number of hydrogen-bond acceptors (Lipinski definition) is 2. The molecular formula is C11H20N2. The van der Waals surface area contributed by atoms with Crippen molar-refractivity contribution in [3.8, 4) is 0 Å². The summed E-state index contributed by atoms with van der Waals surface area (Å²) in [6.45, 7) is 9.33. The van der Waals surface area contributed by atoms with Crippen LogP contribution in [0.3, 0.4) is 0 Å². The Bertz CT molecular complexity index is 185. The highest BCUT2D eigenvalue weighted by atomic mass is 14.6. The zero-order valence-electron chi connectivity index (χ0n) is 8.32. The van der Waals surface area contributed by atoms with E-state index < -0.39 is 0 Å². The summed E-state index contributed by atoms with van der Waals surface area (Å²) in [4.78, 5) is 0. The smallest absolute Gasteiger partial charge is 0.0285 e. The first-order chi connectivity index (χ1) is 6.11. The lowest BCUT2D eigenvalue weighted by Gasteiger charge is -2.12. The minimum Gasteiger partial charge on any atom is -0.324 e. The van der Waals surface area contributed by atoms with E-state index in [4.69, 9.17) is 11.5 Å². The average molecular weight is 180 g/mol. The number of nitrogens with two attached hydrogens (primary N) is 2. The molecule has 0 aromatic rings. The Labute approximate surface area is 81.0 Å². The highest BCUT2D eigenvalue weighted by Crippen LogP contribution is 2.03. The first-order valence-corrected chi connectivity index (χ1v) is 4.54. The van der Waals surface area contributed by atoms with E-state index in [-0.39, 0.29) is 18.0 Å². The lowest BCUT2D eigenvalue weighted by Crippen LogP contribution is -2.25. The van der Waals surface area contributed by atoms with Gasteiger partial charge in [0, 0.05) is 12.1 Å². The molecule has 0 aliphatic carbocycles. The van der Waals surface area contributed by atoms with E-state index in [0.29, 0.717) is 0 Å². The van der Waals surface area contributed by atoms with Crippen LogP contribution in [0.15, 0.2) is 37.5 Å². The van der Waals surface area contributed by atoms with Crippen molar-refractivity contribution >= 4 is 0 Å². The van der Waals surface area contributed by atoms with Crippen molar-refractivity contribution in [3.63, 3.8) is 0 Å². The van der Waals surface area contributed by atoms with Gasteiger partial charge >= 0.3 is 0 Å². The number of hydrogen-bond donors (Lipinski definition) is 2. The van der Waals surface area contributed by atoms with Gasteiger partial charge in [-0.2, -0.15) is 0 Å². The molecule has 0 amide bonds. The summed E-state index contributed by atoms with van der Waals surface area (Å²) in [6.07, 6.45) is 8.28. The lowest BCUT2D eigenvalue weighted by molar-refractivity contribution is 0.628. The molecule has 3 unspecified atom stereocenters. The summed E-state index contributed by atoms with van der Waals surface area (Å²) in [5, 5.41) is 0. The van der Waals surface area contributed by atoms with Gasteiger partial charge in [-0.15, -0.1) is 13.2 Å². The maximum atomic E-state index is 5.83. The number of rotatable bonds is 6. The van der Waals surface area contributed by atoms with Crippen LogP contribution in [0.25, 0.3) is 0 Å². The van der Waals surface area contributed by atoms with Crippen LogP contribution in [0.1, 0.15) is 13.3 Å². The van der Waals surface area contributed by atoms with Crippen molar-refractivity contribution < 1.29 is 0 Å². The van der Waals surface area contributed by atoms with E-state index in [0.717, 1.165) is 6.42 Å². The normalized spacial score (nSPS) is 18.1. The zero-order valence-corrected chi connectivity index (χ0v) is 8.32. The van der Waals surface area contributed by atoms with Crippen molar-refractivity contribution in [2.75, 3.05) is 0 Å². The van der Waals surface area contributed by atoms with Crippen molar-refractivity contribution in [2.24, 2.45) is 17.4 Å². The fourth-order valence-electron chi connectivity index (χ4n) is 0.874. The summed E-state index contributed by atoms with van der Waals surface area (Å²) in [5.74, 6) is 0.284. The molecule has 0 heterocycles. The molecular weight excluding hydrogens is 160 g/mol. The Kier molecular flexibility index (Phi) is 6.20. The van der Waals surface area contributed by atoms with Crippen molar-refractivity contribution in [3.05, 3.63) is 37.5 Å². The highest BCUT2D eigenvalue weighted by Gasteiger charge is 2.04. The molecule has 0 rings (SSSR count). The molecule has 0 spiro atoms. The molecule has 0 aromatic carbocycles. The van der Waals surface area contributed by atoms with Gasteiger partial charge in [0.05, 0.1) is 0 Å². The summed E-state index contributed by atoms with van der Waals surface area (Å²) >= 11 is 0. The molecule has 74 valence electrons. The third kappa shape index (κ3) is 5.39. The van der Waals surface area contributed by atoms with E-state index in [1.165, 1.54) is 0 Å². The van der Waals surface area contributed by atoms with Crippen molar-refractivity contribution in [2.45, 2.75) is 25.4 Å². The molecule has 0 saturated carbocycles. The van der Waals surface area contributed by atoms with Crippen molar-refractivity contribution in [1.29, 1.82) is 0 Å². The van der Waals surface area contributed by atoms with Crippen LogP contribution in [0, 0.1) is 5.92 Å². The summed E-state index contributed by atoms with van der Waals surface area (Å²) in [5.41, 5.74) is 11.6. The molecule has 0 bridgehead atoms. The Morgan fingerprint density at radius 2 is 1.85 bits per heavy atom. The van der Waals surface area contributed by atoms with Gasteiger partial charge < -0.3 is 11.5 Å². The standard InChI is InChI=1S/C11H20N2/c1-4-6-10(12)7-8-11(13)9(3)5-2/h4-5,7-11H,1-2,6,12-13H2,3H3/b8-7+. The van der Waals surface area contributed by atoms with E-state index in [9.17, 15) is 0 Å². The summed E-state index contributed by atoms with van der Waals surface area (Å²) < 4.78 is 0. The zero-order chi connectivity index (χ0) is 10.3. The van der Waals surface area contributed by atoms with E-state index in [2.05, 4.69) is 13.2 Å². The van der Waals surface area contributed by atoms with Crippen LogP contribution < -0.4 is 11.5 Å². The Balaban J connectivity index is 3.94. The molecule has 2 nitrogen and oxygen atoms in total. The van der Waals surface area contributed by atoms with E-state index >= 15 is 0 Å². The molecule has 0 aliphatic heterocycles. The van der Waals surface area contributed by atoms with Crippen LogP contribution in [0.5, 0.6) is 0 Å². The van der Waals surface area contributed by atoms with Gasteiger partial charge in [0.1, 0.15) is 0 Å². The predicted molar refractivity (Wildman–Crippen MR) is 59.3 cm³/mol. The fourth-order valence-corrected chi connectivity index (χ4v) is 0.874. The largest absolute Gasteiger partial charge is 0.324 e. The molecule has 13 heavy (non-hydrogen) atoms. The maximum Gasteiger partial charge on any atom is 0.0285 e. The summed E-state index contributed by atoms with van der Waals surface area (Å²) in [7, 11) is 0. The highest BCUT2D eigenvalue weighted by molar-refractivity contribution is 5.03. The van der Waals surface area contributed by atoms with Crippen LogP contribution in [-0.2, 0) is 0 Å². The monoisotopic (exact) mass is 180 g/mol. The van der Waals surface area contributed by atoms with Crippen molar-refractivity contribution in [1.82, 2.24) is 0 Å². The molecule has 0 saturated heterocycles. The lowest BCUT2D eigenvalue weighted by atomic mass is 10.0. The molecule has 0 radical (unpaired) electrons. The molecule has 2 heteroatoms. The van der Waals surface area contributed by atoms with Gasteiger partial charge in [-0.25, -0.2) is 0 Å². The fraction of sp³-hybridized carbons (Fsp3) is 0.455. The van der Waals surface area contributed by atoms with Gasteiger partial charge in [-0.05, 0) is 12.3 Å². The second-order valence-corrected chi connectivity index (χ2v) is 3.25. The van der Waals surface area contributed by atoms with E-state index in [1.807, 2.05) is 25.2 Å². The summed E-state index contributed by atoms with van der Waals surface area (Å²) in [6, 6.07) is 0.0360. The average Bonchev–Trinajstić information content (AvgIpc) is 2.13. The third-order valence-electron chi connectivity index (χ3n) is 2.00. The predicted octanol–water partition coefficient (Wildman–Crippen LogP) is 1.60. The Morgan fingerprint density at radius 3 is 2.31 bits per heavy atom. The topological polar surface area (TPSA) is 52.0 Å². The van der Waals surface area contributed by atoms with E-state index in [1.54, 1.807) is 6.08 Å². The second-order valence-electron chi connectivity index (χ2n) is 3.25. The second kappa shape index (κ2) is 6.63. The molecule has 0 aliphatic rings. The SMILES string of the molecule is C=CCC(N)/C=C/C(N)C(C)C=C. The van der Waals surface area contributed by atoms with Crippen LogP contribution >= 0.6 is 0 Å². The Hall–Kier alpha value is -0.860. The molecule has 3 atom stereocenters. The molecule has 0 aromatic heterocycles. The van der Waals surface area contributed by atoms with Gasteiger partial charge in [0.2, 0.25) is 0 Å². The Morgan fingerprint density at radius 1 is 1.23 bits per heavy atom. The van der Waals surface area contributed by atoms with Gasteiger partial charge in [-0.1, -0.05) is 31.2 Å². The molecule has 0 fully saturated rings. The van der Waals surface area contributed by atoms with Crippen LogP contribution in [0.4, 0.5) is 0 Å². The minimum atomic E-state index is 0.00775. The third-order valence-corrected chi connectivity index (χ3v) is 2.00. The van der Waals surface area contributed by atoms with Gasteiger partial charge in [-0.3, -0.25) is 0 Å². The quantitative estimate of drug-likeness (QED) is 0.610. The van der Waals surface area contributed by atoms with Gasteiger partial charge in [0.25, 0.3) is 0 Å². The van der Waals surface area contributed by atoms with Gasteiger partial charge in [0.15, 0.2) is 0 Å². The van der Waals surface area contributed by atoms with Crippen LogP contribution in [0.2, 0.25) is 0 Å². The van der Waals surface area contributed by atoms with Crippen LogP contribution in [-0.4, -0.2) is 12.1 Å². The first-order valence-electron chi connectivity index (χ1n) is 4.54. The first kappa shape index (κ1) is 12.1. The maximum absolute atomic E-state index is 5.83. The minimum absolute atomic E-state index is 0.00775.